The molecular weight excluding hydrogens is 368 g/mol. The molecule has 1 aliphatic rings. The summed E-state index contributed by atoms with van der Waals surface area (Å²) in [4.78, 5) is 36.6. The minimum absolute atomic E-state index is 0.0203. The van der Waals surface area contributed by atoms with Crippen molar-refractivity contribution in [3.63, 3.8) is 0 Å². The molecule has 0 aromatic carbocycles. The van der Waals surface area contributed by atoms with Gasteiger partial charge in [-0.3, -0.25) is 9.59 Å². The third-order valence-electron chi connectivity index (χ3n) is 5.47. The van der Waals surface area contributed by atoms with Crippen molar-refractivity contribution in [2.75, 3.05) is 25.5 Å². The predicted molar refractivity (Wildman–Crippen MR) is 110 cm³/mol. The van der Waals surface area contributed by atoms with E-state index < -0.39 is 0 Å². The zero-order chi connectivity index (χ0) is 20.4. The number of hydrogen-bond donors (Lipinski definition) is 1. The zero-order valence-electron chi connectivity index (χ0n) is 16.6. The summed E-state index contributed by atoms with van der Waals surface area (Å²) in [5.74, 6) is 0.657. The van der Waals surface area contributed by atoms with Gasteiger partial charge < -0.3 is 19.5 Å². The van der Waals surface area contributed by atoms with Gasteiger partial charge >= 0.3 is 0 Å². The fourth-order valence-corrected chi connectivity index (χ4v) is 3.62. The minimum atomic E-state index is -0.0522. The van der Waals surface area contributed by atoms with Crippen molar-refractivity contribution in [1.82, 2.24) is 24.2 Å². The number of carbonyl (C=O) groups is 2. The first kappa shape index (κ1) is 18.9. The summed E-state index contributed by atoms with van der Waals surface area (Å²) in [6.45, 7) is 3.30. The smallest absolute Gasteiger partial charge is 0.255 e. The van der Waals surface area contributed by atoms with Gasteiger partial charge in [-0.15, -0.1) is 0 Å². The number of likely N-dealkylation sites (N-methyl/N-ethyl adjacent to an activating group) is 1. The van der Waals surface area contributed by atoms with Crippen LogP contribution in [0.2, 0.25) is 0 Å². The molecule has 150 valence electrons. The Hall–Kier alpha value is -3.42. The van der Waals surface area contributed by atoms with Crippen LogP contribution in [-0.2, 0) is 11.3 Å². The van der Waals surface area contributed by atoms with Gasteiger partial charge in [-0.05, 0) is 30.7 Å². The number of pyridine rings is 2. The highest BCUT2D eigenvalue weighted by atomic mass is 16.2. The summed E-state index contributed by atoms with van der Waals surface area (Å²) in [5.41, 5.74) is 2.53. The molecule has 2 amide bonds. The lowest BCUT2D eigenvalue weighted by Crippen LogP contribution is -2.38. The number of fused-ring (bicyclic) bond motifs is 1. The monoisotopic (exact) mass is 392 g/mol. The van der Waals surface area contributed by atoms with Crippen LogP contribution < -0.4 is 5.32 Å². The molecule has 3 aromatic rings. The quantitative estimate of drug-likeness (QED) is 0.718. The molecule has 0 aliphatic carbocycles. The van der Waals surface area contributed by atoms with E-state index in [1.54, 1.807) is 48.4 Å². The molecule has 1 atom stereocenters. The van der Waals surface area contributed by atoms with Crippen LogP contribution in [0.15, 0.2) is 49.1 Å². The van der Waals surface area contributed by atoms with E-state index in [2.05, 4.69) is 15.3 Å². The summed E-state index contributed by atoms with van der Waals surface area (Å²) >= 11 is 0. The fourth-order valence-electron chi connectivity index (χ4n) is 3.62. The van der Waals surface area contributed by atoms with Gasteiger partial charge in [-0.2, -0.15) is 0 Å². The molecule has 0 bridgehead atoms. The maximum atomic E-state index is 12.7. The van der Waals surface area contributed by atoms with E-state index in [1.807, 2.05) is 28.8 Å². The SMILES string of the molecule is CC(=O)N(C)[C@H]1CCN(C(=O)c2ccc(NCc3ncn4ccccc34)nc2)C1. The Bertz CT molecular complexity index is 1030. The molecule has 1 N–H and O–H groups in total. The average Bonchev–Trinajstić information content (AvgIpc) is 3.39. The topological polar surface area (TPSA) is 82.8 Å². The molecule has 8 heteroatoms. The van der Waals surface area contributed by atoms with Gasteiger partial charge in [0.2, 0.25) is 5.91 Å². The number of anilines is 1. The molecular formula is C21H24N6O2. The number of imidazole rings is 1. The summed E-state index contributed by atoms with van der Waals surface area (Å²) in [6, 6.07) is 9.63. The van der Waals surface area contributed by atoms with Crippen molar-refractivity contribution in [3.05, 3.63) is 60.3 Å². The van der Waals surface area contributed by atoms with Gasteiger partial charge in [-0.25, -0.2) is 9.97 Å². The van der Waals surface area contributed by atoms with Crippen LogP contribution in [0.5, 0.6) is 0 Å². The first-order chi connectivity index (χ1) is 14.0. The molecule has 3 aromatic heterocycles. The zero-order valence-corrected chi connectivity index (χ0v) is 16.6. The normalized spacial score (nSPS) is 16.2. The molecule has 0 spiro atoms. The van der Waals surface area contributed by atoms with Crippen LogP contribution in [0.3, 0.4) is 0 Å². The molecule has 1 saturated heterocycles. The highest BCUT2D eigenvalue weighted by Crippen LogP contribution is 2.18. The van der Waals surface area contributed by atoms with Crippen LogP contribution in [0.1, 0.15) is 29.4 Å². The minimum Gasteiger partial charge on any atom is -0.364 e. The Kier molecular flexibility index (Phi) is 5.16. The number of aromatic nitrogens is 3. The van der Waals surface area contributed by atoms with Crippen molar-refractivity contribution in [3.8, 4) is 0 Å². The maximum absolute atomic E-state index is 12.7. The van der Waals surface area contributed by atoms with Gasteiger partial charge in [0.25, 0.3) is 5.91 Å². The maximum Gasteiger partial charge on any atom is 0.255 e. The highest BCUT2D eigenvalue weighted by molar-refractivity contribution is 5.94. The number of nitrogens with zero attached hydrogens (tertiary/aromatic N) is 5. The second-order valence-electron chi connectivity index (χ2n) is 7.29. The predicted octanol–water partition coefficient (Wildman–Crippen LogP) is 2.03. The lowest BCUT2D eigenvalue weighted by Gasteiger charge is -2.23. The molecule has 4 heterocycles. The molecule has 1 fully saturated rings. The van der Waals surface area contributed by atoms with Crippen molar-refractivity contribution < 1.29 is 9.59 Å². The van der Waals surface area contributed by atoms with Crippen LogP contribution in [-0.4, -0.2) is 62.2 Å². The lowest BCUT2D eigenvalue weighted by atomic mass is 10.2. The number of hydrogen-bond acceptors (Lipinski definition) is 5. The Labute approximate surface area is 169 Å². The first-order valence-corrected chi connectivity index (χ1v) is 9.66. The average molecular weight is 392 g/mol. The Balaban J connectivity index is 1.36. The van der Waals surface area contributed by atoms with Gasteiger partial charge in [0.1, 0.15) is 5.82 Å². The molecule has 0 saturated carbocycles. The van der Waals surface area contributed by atoms with E-state index in [1.165, 1.54) is 0 Å². The van der Waals surface area contributed by atoms with E-state index in [4.69, 9.17) is 0 Å². The van der Waals surface area contributed by atoms with Crippen LogP contribution in [0, 0.1) is 0 Å². The molecule has 0 unspecified atom stereocenters. The van der Waals surface area contributed by atoms with Gasteiger partial charge in [0.15, 0.2) is 0 Å². The third-order valence-corrected chi connectivity index (χ3v) is 5.47. The molecule has 8 nitrogen and oxygen atoms in total. The molecule has 29 heavy (non-hydrogen) atoms. The summed E-state index contributed by atoms with van der Waals surface area (Å²) in [7, 11) is 1.78. The fraction of sp³-hybridized carbons (Fsp3) is 0.333. The summed E-state index contributed by atoms with van der Waals surface area (Å²) < 4.78 is 1.97. The van der Waals surface area contributed by atoms with Gasteiger partial charge in [-0.1, -0.05) is 6.07 Å². The van der Waals surface area contributed by atoms with E-state index in [-0.39, 0.29) is 17.9 Å². The lowest BCUT2D eigenvalue weighted by molar-refractivity contribution is -0.129. The first-order valence-electron chi connectivity index (χ1n) is 9.66. The summed E-state index contributed by atoms with van der Waals surface area (Å²) in [5, 5.41) is 3.25. The van der Waals surface area contributed by atoms with E-state index in [9.17, 15) is 9.59 Å². The largest absolute Gasteiger partial charge is 0.364 e. The number of likely N-dealkylation sites (tertiary alicyclic amines) is 1. The van der Waals surface area contributed by atoms with Crippen LogP contribution in [0.4, 0.5) is 5.82 Å². The number of nitrogens with one attached hydrogen (secondary N) is 1. The van der Waals surface area contributed by atoms with E-state index in [0.717, 1.165) is 17.6 Å². The molecule has 0 radical (unpaired) electrons. The molecule has 1 aliphatic heterocycles. The van der Waals surface area contributed by atoms with Crippen molar-refractivity contribution in [2.24, 2.45) is 0 Å². The Morgan fingerprint density at radius 1 is 1.24 bits per heavy atom. The van der Waals surface area contributed by atoms with E-state index in [0.29, 0.717) is 31.0 Å². The number of amides is 2. The van der Waals surface area contributed by atoms with Crippen molar-refractivity contribution in [1.29, 1.82) is 0 Å². The Morgan fingerprint density at radius 3 is 2.86 bits per heavy atom. The van der Waals surface area contributed by atoms with Crippen molar-refractivity contribution >= 4 is 23.1 Å². The van der Waals surface area contributed by atoms with E-state index >= 15 is 0 Å². The Morgan fingerprint density at radius 2 is 2.10 bits per heavy atom. The van der Waals surface area contributed by atoms with Gasteiger partial charge in [0.05, 0.1) is 35.7 Å². The second kappa shape index (κ2) is 7.90. The third kappa shape index (κ3) is 3.91. The molecule has 4 rings (SSSR count). The number of carbonyl (C=O) groups excluding carboxylic acids is 2. The summed E-state index contributed by atoms with van der Waals surface area (Å²) in [6.07, 6.45) is 6.14. The van der Waals surface area contributed by atoms with Crippen molar-refractivity contribution in [2.45, 2.75) is 25.9 Å². The second-order valence-corrected chi connectivity index (χ2v) is 7.29. The highest BCUT2D eigenvalue weighted by Gasteiger charge is 2.30. The number of rotatable bonds is 5. The van der Waals surface area contributed by atoms with Crippen LogP contribution >= 0.6 is 0 Å². The van der Waals surface area contributed by atoms with Crippen LogP contribution in [0.25, 0.3) is 5.52 Å². The standard InChI is InChI=1S/C21H24N6O2/c1-15(28)25(2)17-8-10-26(13-17)21(29)16-6-7-20(22-11-16)23-12-18-19-5-3-4-9-27(19)14-24-18/h3-7,9,11,14,17H,8,10,12-13H2,1-2H3,(H,22,23)/t17-/m0/s1. The van der Waals surface area contributed by atoms with Gasteiger partial charge in [0, 0.05) is 39.5 Å².